The molecule has 0 aliphatic carbocycles. The first-order valence-electron chi connectivity index (χ1n) is 1.84. The van der Waals surface area contributed by atoms with Crippen molar-refractivity contribution in [2.75, 3.05) is 0 Å². The molecule has 42 valence electrons. The average molecular weight is 214 g/mol. The Kier molecular flexibility index (Phi) is 3.27. The molecule has 0 unspecified atom stereocenters. The third kappa shape index (κ3) is 2.81. The van der Waals surface area contributed by atoms with Crippen LogP contribution in [0.25, 0.3) is 0 Å². The SMILES string of the molecule is C[C@H](NI)C(N)=O. The summed E-state index contributed by atoms with van der Waals surface area (Å²) in [6.45, 7) is 1.70. The summed E-state index contributed by atoms with van der Waals surface area (Å²) in [5.41, 5.74) is 4.84. The maximum Gasteiger partial charge on any atom is 0.235 e. The van der Waals surface area contributed by atoms with Crippen LogP contribution in [0.15, 0.2) is 0 Å². The van der Waals surface area contributed by atoms with Gasteiger partial charge in [-0.25, -0.2) is 3.53 Å². The van der Waals surface area contributed by atoms with Crippen molar-refractivity contribution in [1.29, 1.82) is 0 Å². The van der Waals surface area contributed by atoms with Gasteiger partial charge in [-0.3, -0.25) is 4.79 Å². The fourth-order valence-electron chi connectivity index (χ4n) is 0.0538. The first-order valence-corrected chi connectivity index (χ1v) is 2.92. The van der Waals surface area contributed by atoms with E-state index in [0.717, 1.165) is 0 Å². The van der Waals surface area contributed by atoms with Crippen molar-refractivity contribution in [3.63, 3.8) is 0 Å². The lowest BCUT2D eigenvalue weighted by Crippen LogP contribution is -2.33. The van der Waals surface area contributed by atoms with E-state index in [1.54, 1.807) is 6.92 Å². The summed E-state index contributed by atoms with van der Waals surface area (Å²) in [4.78, 5) is 10.1. The third-order valence-corrected chi connectivity index (χ3v) is 1.52. The van der Waals surface area contributed by atoms with E-state index in [4.69, 9.17) is 5.73 Å². The molecule has 0 heterocycles. The molecule has 0 aromatic rings. The van der Waals surface area contributed by atoms with E-state index < -0.39 is 0 Å². The summed E-state index contributed by atoms with van der Waals surface area (Å²) in [6, 6.07) is -0.222. The molecule has 0 radical (unpaired) electrons. The van der Waals surface area contributed by atoms with E-state index in [1.165, 1.54) is 0 Å². The van der Waals surface area contributed by atoms with Gasteiger partial charge in [0, 0.05) is 22.9 Å². The van der Waals surface area contributed by atoms with Gasteiger partial charge in [-0.15, -0.1) is 0 Å². The highest BCUT2D eigenvalue weighted by molar-refractivity contribution is 14.1. The van der Waals surface area contributed by atoms with Crippen molar-refractivity contribution in [2.45, 2.75) is 13.0 Å². The number of primary amides is 1. The van der Waals surface area contributed by atoms with Crippen LogP contribution in [-0.2, 0) is 4.79 Å². The quantitative estimate of drug-likeness (QED) is 0.494. The van der Waals surface area contributed by atoms with Crippen molar-refractivity contribution in [1.82, 2.24) is 3.53 Å². The smallest absolute Gasteiger partial charge is 0.235 e. The first kappa shape index (κ1) is 7.16. The van der Waals surface area contributed by atoms with E-state index in [1.807, 2.05) is 22.9 Å². The Morgan fingerprint density at radius 2 is 2.43 bits per heavy atom. The highest BCUT2D eigenvalue weighted by Crippen LogP contribution is 1.80. The minimum absolute atomic E-state index is 0.222. The summed E-state index contributed by atoms with van der Waals surface area (Å²) in [6.07, 6.45) is 0. The molecule has 3 nitrogen and oxygen atoms in total. The van der Waals surface area contributed by atoms with E-state index in [0.29, 0.717) is 0 Å². The topological polar surface area (TPSA) is 55.1 Å². The number of hydrogen-bond donors (Lipinski definition) is 2. The Balaban J connectivity index is 3.34. The Bertz CT molecular complexity index is 75.3. The number of carbonyl (C=O) groups excluding carboxylic acids is 1. The Labute approximate surface area is 56.1 Å². The zero-order valence-corrected chi connectivity index (χ0v) is 6.10. The molecule has 0 aliphatic rings. The lowest BCUT2D eigenvalue weighted by atomic mass is 10.4. The van der Waals surface area contributed by atoms with Gasteiger partial charge in [-0.1, -0.05) is 0 Å². The summed E-state index contributed by atoms with van der Waals surface area (Å²) in [5.74, 6) is -0.325. The van der Waals surface area contributed by atoms with Crippen LogP contribution in [0.2, 0.25) is 0 Å². The van der Waals surface area contributed by atoms with E-state index >= 15 is 0 Å². The molecule has 0 saturated heterocycles. The van der Waals surface area contributed by atoms with Crippen LogP contribution in [0.5, 0.6) is 0 Å². The van der Waals surface area contributed by atoms with Crippen molar-refractivity contribution >= 4 is 28.8 Å². The molecule has 0 bridgehead atoms. The van der Waals surface area contributed by atoms with Gasteiger partial charge < -0.3 is 5.73 Å². The van der Waals surface area contributed by atoms with Crippen molar-refractivity contribution in [2.24, 2.45) is 5.73 Å². The lowest BCUT2D eigenvalue weighted by molar-refractivity contribution is -0.119. The van der Waals surface area contributed by atoms with Crippen LogP contribution >= 0.6 is 22.9 Å². The average Bonchev–Trinajstić information content (AvgIpc) is 1.65. The van der Waals surface area contributed by atoms with Gasteiger partial charge in [-0.2, -0.15) is 0 Å². The molecule has 0 saturated carbocycles. The maximum absolute atomic E-state index is 10.1. The molecule has 1 atom stereocenters. The summed E-state index contributed by atoms with van der Waals surface area (Å²) in [5, 5.41) is 0. The molecule has 0 aliphatic heterocycles. The van der Waals surface area contributed by atoms with Gasteiger partial charge in [0.2, 0.25) is 5.91 Å². The number of amides is 1. The highest BCUT2D eigenvalue weighted by Gasteiger charge is 2.02. The van der Waals surface area contributed by atoms with Crippen molar-refractivity contribution in [3.8, 4) is 0 Å². The predicted molar refractivity (Wildman–Crippen MR) is 35.8 cm³/mol. The Morgan fingerprint density at radius 3 is 2.43 bits per heavy atom. The molecule has 3 N–H and O–H groups in total. The molecular formula is C3H7IN2O. The van der Waals surface area contributed by atoms with Gasteiger partial charge in [-0.05, 0) is 6.92 Å². The van der Waals surface area contributed by atoms with Crippen LogP contribution in [0.4, 0.5) is 0 Å². The van der Waals surface area contributed by atoms with Gasteiger partial charge >= 0.3 is 0 Å². The third-order valence-electron chi connectivity index (χ3n) is 0.590. The zero-order chi connectivity index (χ0) is 5.86. The summed E-state index contributed by atoms with van der Waals surface area (Å²) < 4.78 is 2.66. The van der Waals surface area contributed by atoms with E-state index in [2.05, 4.69) is 3.53 Å². The second-order valence-corrected chi connectivity index (χ2v) is 1.86. The van der Waals surface area contributed by atoms with Crippen LogP contribution in [0, 0.1) is 0 Å². The van der Waals surface area contributed by atoms with Crippen LogP contribution in [0.1, 0.15) is 6.92 Å². The number of rotatable bonds is 2. The number of carbonyl (C=O) groups is 1. The molecule has 0 spiro atoms. The van der Waals surface area contributed by atoms with Gasteiger partial charge in [0.05, 0.1) is 6.04 Å². The monoisotopic (exact) mass is 214 g/mol. The van der Waals surface area contributed by atoms with Crippen LogP contribution in [0.3, 0.4) is 0 Å². The molecule has 1 amide bonds. The highest BCUT2D eigenvalue weighted by atomic mass is 127. The number of nitrogens with one attached hydrogen (secondary N) is 1. The van der Waals surface area contributed by atoms with Gasteiger partial charge in [0.25, 0.3) is 0 Å². The molecular weight excluding hydrogens is 207 g/mol. The minimum Gasteiger partial charge on any atom is -0.368 e. The Hall–Kier alpha value is 0.160. The van der Waals surface area contributed by atoms with Crippen LogP contribution < -0.4 is 9.26 Å². The normalized spacial score (nSPS) is 13.4. The molecule has 0 aromatic heterocycles. The standard InChI is InChI=1S/C3H7IN2O/c1-2(6-4)3(5)7/h2,6H,1H3,(H2,5,7)/t2-/m0/s1. The number of halogens is 1. The van der Waals surface area contributed by atoms with Gasteiger partial charge in [0.1, 0.15) is 0 Å². The predicted octanol–water partition coefficient (Wildman–Crippen LogP) is -0.200. The fourth-order valence-corrected chi connectivity index (χ4v) is 0.361. The molecule has 7 heavy (non-hydrogen) atoms. The summed E-state index contributed by atoms with van der Waals surface area (Å²) in [7, 11) is 0. The maximum atomic E-state index is 10.1. The van der Waals surface area contributed by atoms with Crippen molar-refractivity contribution < 1.29 is 4.79 Å². The van der Waals surface area contributed by atoms with Gasteiger partial charge in [0.15, 0.2) is 0 Å². The number of nitrogens with two attached hydrogens (primary N) is 1. The Morgan fingerprint density at radius 1 is 2.00 bits per heavy atom. The minimum atomic E-state index is -0.325. The fraction of sp³-hybridized carbons (Fsp3) is 0.667. The second-order valence-electron chi connectivity index (χ2n) is 1.23. The lowest BCUT2D eigenvalue weighted by Gasteiger charge is -1.99. The van der Waals surface area contributed by atoms with E-state index in [9.17, 15) is 4.79 Å². The number of hydrogen-bond acceptors (Lipinski definition) is 2. The van der Waals surface area contributed by atoms with Crippen LogP contribution in [-0.4, -0.2) is 11.9 Å². The molecule has 0 fully saturated rings. The van der Waals surface area contributed by atoms with E-state index in [-0.39, 0.29) is 11.9 Å². The largest absolute Gasteiger partial charge is 0.368 e. The zero-order valence-electron chi connectivity index (χ0n) is 3.94. The molecule has 4 heteroatoms. The second kappa shape index (κ2) is 3.20. The van der Waals surface area contributed by atoms with Crippen molar-refractivity contribution in [3.05, 3.63) is 0 Å². The molecule has 0 aromatic carbocycles. The first-order chi connectivity index (χ1) is 3.18. The molecule has 0 rings (SSSR count). The summed E-state index contributed by atoms with van der Waals surface area (Å²) >= 11 is 1.88.